The molecule has 2 fully saturated rings. The summed E-state index contributed by atoms with van der Waals surface area (Å²) in [5, 5.41) is 3.19. The average molecular weight is 349 g/mol. The number of hydrogen-bond acceptors (Lipinski definition) is 3. The SMILES string of the molecule is O=C(NCCCc1cccnc1)[C@@H]1C[C@H](c2ccccc2)N2CCC[C@@H]12. The van der Waals surface area contributed by atoms with Crippen molar-refractivity contribution in [2.75, 3.05) is 13.1 Å². The molecule has 1 N–H and O–H groups in total. The van der Waals surface area contributed by atoms with Gasteiger partial charge in [0.15, 0.2) is 0 Å². The van der Waals surface area contributed by atoms with Gasteiger partial charge in [0, 0.05) is 31.0 Å². The highest BCUT2D eigenvalue weighted by Crippen LogP contribution is 2.44. The largest absolute Gasteiger partial charge is 0.356 e. The molecule has 1 aromatic heterocycles. The molecule has 4 rings (SSSR count). The van der Waals surface area contributed by atoms with Crippen molar-refractivity contribution in [1.29, 1.82) is 0 Å². The third kappa shape index (κ3) is 3.65. The molecule has 2 aliphatic heterocycles. The van der Waals surface area contributed by atoms with E-state index in [-0.39, 0.29) is 11.8 Å². The van der Waals surface area contributed by atoms with Crippen molar-refractivity contribution in [1.82, 2.24) is 15.2 Å². The van der Waals surface area contributed by atoms with E-state index in [0.29, 0.717) is 12.1 Å². The fourth-order valence-corrected chi connectivity index (χ4v) is 4.63. The minimum Gasteiger partial charge on any atom is -0.356 e. The fourth-order valence-electron chi connectivity index (χ4n) is 4.63. The highest BCUT2D eigenvalue weighted by molar-refractivity contribution is 5.80. The molecular formula is C22H27N3O. The second-order valence-electron chi connectivity index (χ2n) is 7.47. The molecule has 0 radical (unpaired) electrons. The maximum atomic E-state index is 12.8. The second-order valence-corrected chi connectivity index (χ2v) is 7.47. The third-order valence-corrected chi connectivity index (χ3v) is 5.87. The van der Waals surface area contributed by atoms with Crippen molar-refractivity contribution < 1.29 is 4.79 Å². The maximum Gasteiger partial charge on any atom is 0.224 e. The van der Waals surface area contributed by atoms with Crippen LogP contribution in [0.25, 0.3) is 0 Å². The standard InChI is InChI=1S/C22H27N3O/c26-22(24-13-5-8-17-7-4-12-23-16-17)19-15-21(18-9-2-1-3-10-18)25-14-6-11-20(19)25/h1-4,7,9-10,12,16,19-21H,5-6,8,11,13-15H2,(H,24,26)/t19-,20+,21-/m1/s1. The Kier molecular flexibility index (Phi) is 5.30. The predicted octanol–water partition coefficient (Wildman–Crippen LogP) is 3.36. The van der Waals surface area contributed by atoms with Crippen LogP contribution in [0.5, 0.6) is 0 Å². The van der Waals surface area contributed by atoms with E-state index in [1.807, 2.05) is 12.3 Å². The number of nitrogens with zero attached hydrogens (tertiary/aromatic N) is 2. The van der Waals surface area contributed by atoms with Gasteiger partial charge in [-0.3, -0.25) is 14.7 Å². The first-order chi connectivity index (χ1) is 12.8. The Morgan fingerprint density at radius 2 is 2.08 bits per heavy atom. The summed E-state index contributed by atoms with van der Waals surface area (Å²) in [5.74, 6) is 0.368. The van der Waals surface area contributed by atoms with Gasteiger partial charge in [0.05, 0.1) is 5.92 Å². The van der Waals surface area contributed by atoms with Crippen LogP contribution >= 0.6 is 0 Å². The van der Waals surface area contributed by atoms with E-state index in [2.05, 4.69) is 51.6 Å². The van der Waals surface area contributed by atoms with Crippen LogP contribution in [0.2, 0.25) is 0 Å². The van der Waals surface area contributed by atoms with Gasteiger partial charge in [0.1, 0.15) is 0 Å². The molecule has 4 heteroatoms. The average Bonchev–Trinajstić information content (AvgIpc) is 3.29. The molecule has 136 valence electrons. The highest BCUT2D eigenvalue weighted by Gasteiger charge is 2.46. The van der Waals surface area contributed by atoms with E-state index in [9.17, 15) is 4.79 Å². The summed E-state index contributed by atoms with van der Waals surface area (Å²) in [4.78, 5) is 19.5. The van der Waals surface area contributed by atoms with Crippen molar-refractivity contribution in [3.63, 3.8) is 0 Å². The number of nitrogens with one attached hydrogen (secondary N) is 1. The van der Waals surface area contributed by atoms with Crippen LogP contribution in [-0.4, -0.2) is 34.9 Å². The van der Waals surface area contributed by atoms with Crippen LogP contribution in [0.1, 0.15) is 42.9 Å². The molecule has 0 unspecified atom stereocenters. The number of benzene rings is 1. The molecule has 3 heterocycles. The number of aromatic nitrogens is 1. The van der Waals surface area contributed by atoms with Gasteiger partial charge in [-0.1, -0.05) is 36.4 Å². The van der Waals surface area contributed by atoms with Gasteiger partial charge < -0.3 is 5.32 Å². The first-order valence-electron chi connectivity index (χ1n) is 9.80. The Bertz CT molecular complexity index is 719. The summed E-state index contributed by atoms with van der Waals surface area (Å²) in [6.07, 6.45) is 8.92. The van der Waals surface area contributed by atoms with E-state index < -0.39 is 0 Å². The molecule has 2 saturated heterocycles. The van der Waals surface area contributed by atoms with Crippen LogP contribution < -0.4 is 5.32 Å². The fraction of sp³-hybridized carbons (Fsp3) is 0.455. The molecule has 1 aromatic carbocycles. The number of carbonyl (C=O) groups excluding carboxylic acids is 1. The van der Waals surface area contributed by atoms with Crippen LogP contribution in [0.15, 0.2) is 54.9 Å². The van der Waals surface area contributed by atoms with E-state index in [4.69, 9.17) is 0 Å². The quantitative estimate of drug-likeness (QED) is 0.814. The molecule has 26 heavy (non-hydrogen) atoms. The lowest BCUT2D eigenvalue weighted by Crippen LogP contribution is -2.37. The molecule has 0 aliphatic carbocycles. The van der Waals surface area contributed by atoms with Gasteiger partial charge in [-0.25, -0.2) is 0 Å². The summed E-state index contributed by atoms with van der Waals surface area (Å²) in [6.45, 7) is 1.86. The summed E-state index contributed by atoms with van der Waals surface area (Å²) < 4.78 is 0. The minimum absolute atomic E-state index is 0.126. The van der Waals surface area contributed by atoms with E-state index in [0.717, 1.165) is 38.8 Å². The molecule has 2 aromatic rings. The zero-order valence-electron chi connectivity index (χ0n) is 15.2. The Hall–Kier alpha value is -2.20. The molecule has 2 aliphatic rings. The first-order valence-corrected chi connectivity index (χ1v) is 9.80. The van der Waals surface area contributed by atoms with Crippen molar-refractivity contribution in [3.05, 3.63) is 66.0 Å². The zero-order chi connectivity index (χ0) is 17.8. The Morgan fingerprint density at radius 3 is 2.88 bits per heavy atom. The first kappa shape index (κ1) is 17.2. The van der Waals surface area contributed by atoms with E-state index in [1.54, 1.807) is 6.20 Å². The summed E-state index contributed by atoms with van der Waals surface area (Å²) in [6, 6.07) is 15.5. The van der Waals surface area contributed by atoms with Gasteiger partial charge in [-0.15, -0.1) is 0 Å². The monoisotopic (exact) mass is 349 g/mol. The molecular weight excluding hydrogens is 322 g/mol. The van der Waals surface area contributed by atoms with E-state index in [1.165, 1.54) is 17.5 Å². The molecule has 1 amide bonds. The van der Waals surface area contributed by atoms with Crippen molar-refractivity contribution in [2.24, 2.45) is 5.92 Å². The van der Waals surface area contributed by atoms with Crippen LogP contribution in [0, 0.1) is 5.92 Å². The second kappa shape index (κ2) is 8.00. The Labute approximate surface area is 155 Å². The Morgan fingerprint density at radius 1 is 1.19 bits per heavy atom. The lowest BCUT2D eigenvalue weighted by atomic mass is 9.93. The predicted molar refractivity (Wildman–Crippen MR) is 103 cm³/mol. The van der Waals surface area contributed by atoms with Gasteiger partial charge in [0.25, 0.3) is 0 Å². The molecule has 0 saturated carbocycles. The third-order valence-electron chi connectivity index (χ3n) is 5.87. The van der Waals surface area contributed by atoms with Crippen LogP contribution in [0.4, 0.5) is 0 Å². The number of rotatable bonds is 6. The summed E-state index contributed by atoms with van der Waals surface area (Å²) >= 11 is 0. The topological polar surface area (TPSA) is 45.2 Å². The number of pyridine rings is 1. The number of fused-ring (bicyclic) bond motifs is 1. The number of aryl methyl sites for hydroxylation is 1. The minimum atomic E-state index is 0.126. The number of carbonyl (C=O) groups is 1. The van der Waals surface area contributed by atoms with Gasteiger partial charge >= 0.3 is 0 Å². The van der Waals surface area contributed by atoms with Gasteiger partial charge in [0.2, 0.25) is 5.91 Å². The van der Waals surface area contributed by atoms with Crippen molar-refractivity contribution >= 4 is 5.91 Å². The van der Waals surface area contributed by atoms with Crippen LogP contribution in [-0.2, 0) is 11.2 Å². The van der Waals surface area contributed by atoms with Crippen molar-refractivity contribution in [3.8, 4) is 0 Å². The van der Waals surface area contributed by atoms with Crippen LogP contribution in [0.3, 0.4) is 0 Å². The lowest BCUT2D eigenvalue weighted by Gasteiger charge is -2.24. The number of amides is 1. The Balaban J connectivity index is 1.33. The lowest BCUT2D eigenvalue weighted by molar-refractivity contribution is -0.125. The molecule has 0 bridgehead atoms. The molecule has 4 nitrogen and oxygen atoms in total. The highest BCUT2D eigenvalue weighted by atomic mass is 16.2. The van der Waals surface area contributed by atoms with E-state index >= 15 is 0 Å². The summed E-state index contributed by atoms with van der Waals surface area (Å²) in [5.41, 5.74) is 2.58. The summed E-state index contributed by atoms with van der Waals surface area (Å²) in [7, 11) is 0. The van der Waals surface area contributed by atoms with Gasteiger partial charge in [-0.2, -0.15) is 0 Å². The number of hydrogen-bond donors (Lipinski definition) is 1. The van der Waals surface area contributed by atoms with Gasteiger partial charge in [-0.05, 0) is 55.8 Å². The zero-order valence-corrected chi connectivity index (χ0v) is 15.2. The molecule has 0 spiro atoms. The van der Waals surface area contributed by atoms with Crippen molar-refractivity contribution in [2.45, 2.75) is 44.2 Å². The molecule has 3 atom stereocenters. The maximum absolute atomic E-state index is 12.8. The smallest absolute Gasteiger partial charge is 0.224 e. The normalized spacial score (nSPS) is 25.2.